The first kappa shape index (κ1) is 13.7. The van der Waals surface area contributed by atoms with E-state index >= 15 is 0 Å². The summed E-state index contributed by atoms with van der Waals surface area (Å²) in [6.45, 7) is 0. The Morgan fingerprint density at radius 3 is 2.40 bits per heavy atom. The predicted molar refractivity (Wildman–Crippen MR) is 76.0 cm³/mol. The highest BCUT2D eigenvalue weighted by Gasteiger charge is 2.14. The van der Waals surface area contributed by atoms with Gasteiger partial charge in [-0.25, -0.2) is 4.79 Å². The van der Waals surface area contributed by atoms with E-state index in [1.54, 1.807) is 56.4 Å². The van der Waals surface area contributed by atoms with Gasteiger partial charge in [0.05, 0.1) is 12.8 Å². The van der Waals surface area contributed by atoms with Gasteiger partial charge in [-0.1, -0.05) is 0 Å². The molecule has 0 spiro atoms. The molecule has 1 heterocycles. The van der Waals surface area contributed by atoms with Crippen LogP contribution < -0.4 is 15.3 Å². The zero-order valence-electron chi connectivity index (χ0n) is 11.5. The maximum Gasteiger partial charge on any atom is 0.356 e. The van der Waals surface area contributed by atoms with E-state index in [0.29, 0.717) is 11.4 Å². The fraction of sp³-hybridized carbons (Fsp3) is 0.200. The van der Waals surface area contributed by atoms with Gasteiger partial charge in [0.2, 0.25) is 0 Å². The standard InChI is InChI=1S/C15H14N2O3/c1-17(2)13-8-14(20-15(18)12(13)9-16)10-4-6-11(19-3)7-5-10/h4-8H,1-3H3. The molecule has 0 unspecified atom stereocenters. The van der Waals surface area contributed by atoms with Crippen LogP contribution in [0.2, 0.25) is 0 Å². The Labute approximate surface area is 116 Å². The summed E-state index contributed by atoms with van der Waals surface area (Å²) in [6, 6.07) is 10.7. The Hall–Kier alpha value is -2.74. The maximum absolute atomic E-state index is 11.9. The molecule has 0 bridgehead atoms. The molecule has 0 aliphatic heterocycles. The molecule has 102 valence electrons. The van der Waals surface area contributed by atoms with E-state index in [9.17, 15) is 4.79 Å². The van der Waals surface area contributed by atoms with E-state index in [-0.39, 0.29) is 5.56 Å². The van der Waals surface area contributed by atoms with Gasteiger partial charge in [-0.2, -0.15) is 5.26 Å². The second-order valence-corrected chi connectivity index (χ2v) is 4.39. The van der Waals surface area contributed by atoms with Crippen LogP contribution in [0.1, 0.15) is 5.56 Å². The van der Waals surface area contributed by atoms with Gasteiger partial charge in [-0.05, 0) is 24.3 Å². The molecule has 0 fully saturated rings. The van der Waals surface area contributed by atoms with Crippen LogP contribution in [0.3, 0.4) is 0 Å². The number of hydrogen-bond donors (Lipinski definition) is 0. The van der Waals surface area contributed by atoms with Gasteiger partial charge >= 0.3 is 5.63 Å². The lowest BCUT2D eigenvalue weighted by molar-refractivity contribution is 0.415. The summed E-state index contributed by atoms with van der Waals surface area (Å²) in [4.78, 5) is 13.6. The van der Waals surface area contributed by atoms with E-state index in [1.165, 1.54) is 0 Å². The van der Waals surface area contributed by atoms with E-state index in [0.717, 1.165) is 11.3 Å². The highest BCUT2D eigenvalue weighted by Crippen LogP contribution is 2.26. The van der Waals surface area contributed by atoms with Crippen LogP contribution in [0.25, 0.3) is 11.3 Å². The van der Waals surface area contributed by atoms with Gasteiger partial charge in [-0.15, -0.1) is 0 Å². The summed E-state index contributed by atoms with van der Waals surface area (Å²) < 4.78 is 10.3. The number of nitriles is 1. The summed E-state index contributed by atoms with van der Waals surface area (Å²) in [5.41, 5.74) is 0.654. The zero-order valence-corrected chi connectivity index (χ0v) is 11.5. The van der Waals surface area contributed by atoms with Crippen molar-refractivity contribution in [2.24, 2.45) is 0 Å². The first-order valence-corrected chi connectivity index (χ1v) is 5.97. The molecule has 0 aliphatic carbocycles. The van der Waals surface area contributed by atoms with Crippen LogP contribution in [0.4, 0.5) is 5.69 Å². The van der Waals surface area contributed by atoms with Crippen molar-refractivity contribution in [3.8, 4) is 23.1 Å². The maximum atomic E-state index is 11.9. The molecule has 0 N–H and O–H groups in total. The van der Waals surface area contributed by atoms with Crippen LogP contribution >= 0.6 is 0 Å². The fourth-order valence-electron chi connectivity index (χ4n) is 1.83. The monoisotopic (exact) mass is 270 g/mol. The Balaban J connectivity index is 2.58. The van der Waals surface area contributed by atoms with Crippen LogP contribution in [0.15, 0.2) is 39.5 Å². The summed E-state index contributed by atoms with van der Waals surface area (Å²) in [6.07, 6.45) is 0. The van der Waals surface area contributed by atoms with E-state index in [2.05, 4.69) is 0 Å². The minimum Gasteiger partial charge on any atom is -0.497 e. The molecule has 2 rings (SSSR count). The first-order chi connectivity index (χ1) is 9.56. The van der Waals surface area contributed by atoms with Crippen LogP contribution in [-0.2, 0) is 0 Å². The number of rotatable bonds is 3. The third kappa shape index (κ3) is 2.50. The van der Waals surface area contributed by atoms with Crippen molar-refractivity contribution < 1.29 is 9.15 Å². The molecule has 5 heteroatoms. The number of nitrogens with zero attached hydrogens (tertiary/aromatic N) is 2. The number of benzene rings is 1. The van der Waals surface area contributed by atoms with E-state index < -0.39 is 5.63 Å². The predicted octanol–water partition coefficient (Wildman–Crippen LogP) is 2.25. The molecule has 0 atom stereocenters. The van der Waals surface area contributed by atoms with Crippen LogP contribution in [0, 0.1) is 11.3 Å². The smallest absolute Gasteiger partial charge is 0.356 e. The van der Waals surface area contributed by atoms with Crippen molar-refractivity contribution in [2.75, 3.05) is 26.1 Å². The van der Waals surface area contributed by atoms with Gasteiger partial charge in [0.15, 0.2) is 5.56 Å². The van der Waals surface area contributed by atoms with Crippen molar-refractivity contribution in [2.45, 2.75) is 0 Å². The molecular formula is C15H14N2O3. The van der Waals surface area contributed by atoms with Crippen molar-refractivity contribution in [3.63, 3.8) is 0 Å². The molecule has 0 saturated heterocycles. The normalized spacial score (nSPS) is 9.90. The second kappa shape index (κ2) is 5.49. The van der Waals surface area contributed by atoms with Crippen LogP contribution in [-0.4, -0.2) is 21.2 Å². The molecule has 0 radical (unpaired) electrons. The average molecular weight is 270 g/mol. The number of methoxy groups -OCH3 is 1. The average Bonchev–Trinajstić information content (AvgIpc) is 2.46. The summed E-state index contributed by atoms with van der Waals surface area (Å²) in [5, 5.41) is 9.02. The third-order valence-electron chi connectivity index (χ3n) is 2.90. The molecule has 0 saturated carbocycles. The minimum absolute atomic E-state index is 0.00672. The quantitative estimate of drug-likeness (QED) is 0.855. The summed E-state index contributed by atoms with van der Waals surface area (Å²) in [5.74, 6) is 1.14. The molecule has 5 nitrogen and oxygen atoms in total. The Bertz CT molecular complexity index is 709. The molecule has 1 aromatic heterocycles. The lowest BCUT2D eigenvalue weighted by Crippen LogP contribution is -2.16. The highest BCUT2D eigenvalue weighted by atomic mass is 16.5. The number of anilines is 1. The molecule has 0 aliphatic rings. The molecule has 2 aromatic rings. The molecule has 1 aromatic carbocycles. The lowest BCUT2D eigenvalue weighted by atomic mass is 10.1. The fourth-order valence-corrected chi connectivity index (χ4v) is 1.83. The zero-order chi connectivity index (χ0) is 14.7. The van der Waals surface area contributed by atoms with Gasteiger partial charge < -0.3 is 14.1 Å². The highest BCUT2D eigenvalue weighted by molar-refractivity contribution is 5.67. The Morgan fingerprint density at radius 1 is 1.25 bits per heavy atom. The SMILES string of the molecule is COc1ccc(-c2cc(N(C)C)c(C#N)c(=O)o2)cc1. The molecular weight excluding hydrogens is 256 g/mol. The van der Waals surface area contributed by atoms with E-state index in [4.69, 9.17) is 14.4 Å². The topological polar surface area (TPSA) is 66.5 Å². The minimum atomic E-state index is -0.635. The second-order valence-electron chi connectivity index (χ2n) is 4.39. The van der Waals surface area contributed by atoms with Gasteiger partial charge in [-0.3, -0.25) is 0 Å². The van der Waals surface area contributed by atoms with Gasteiger partial charge in [0, 0.05) is 25.7 Å². The Morgan fingerprint density at radius 2 is 1.90 bits per heavy atom. The van der Waals surface area contributed by atoms with Crippen molar-refractivity contribution >= 4 is 5.69 Å². The van der Waals surface area contributed by atoms with Crippen molar-refractivity contribution in [1.29, 1.82) is 5.26 Å². The van der Waals surface area contributed by atoms with Gasteiger partial charge in [0.25, 0.3) is 0 Å². The van der Waals surface area contributed by atoms with Crippen molar-refractivity contribution in [3.05, 3.63) is 46.3 Å². The largest absolute Gasteiger partial charge is 0.497 e. The summed E-state index contributed by atoms with van der Waals surface area (Å²) >= 11 is 0. The van der Waals surface area contributed by atoms with E-state index in [1.807, 2.05) is 6.07 Å². The lowest BCUT2D eigenvalue weighted by Gasteiger charge is -2.14. The third-order valence-corrected chi connectivity index (χ3v) is 2.90. The first-order valence-electron chi connectivity index (χ1n) is 5.97. The van der Waals surface area contributed by atoms with Gasteiger partial charge in [0.1, 0.15) is 17.6 Å². The van der Waals surface area contributed by atoms with Crippen LogP contribution in [0.5, 0.6) is 5.75 Å². The number of hydrogen-bond acceptors (Lipinski definition) is 5. The number of ether oxygens (including phenoxy) is 1. The van der Waals surface area contributed by atoms with Crippen molar-refractivity contribution in [1.82, 2.24) is 0 Å². The molecule has 0 amide bonds. The summed E-state index contributed by atoms with van der Waals surface area (Å²) in [7, 11) is 5.13. The Kier molecular flexibility index (Phi) is 3.76. The molecule has 20 heavy (non-hydrogen) atoms.